The maximum absolute atomic E-state index is 11.9. The molecule has 0 aliphatic heterocycles. The highest BCUT2D eigenvalue weighted by Crippen LogP contribution is 2.37. The zero-order valence-corrected chi connectivity index (χ0v) is 12.5. The van der Waals surface area contributed by atoms with E-state index in [-0.39, 0.29) is 11.9 Å². The predicted octanol–water partition coefficient (Wildman–Crippen LogP) is 3.86. The van der Waals surface area contributed by atoms with Crippen LogP contribution in [-0.2, 0) is 22.4 Å². The number of carbonyl (C=O) groups is 1. The summed E-state index contributed by atoms with van der Waals surface area (Å²) in [7, 11) is 0. The van der Waals surface area contributed by atoms with E-state index in [9.17, 15) is 4.79 Å². The van der Waals surface area contributed by atoms with Gasteiger partial charge >= 0.3 is 5.97 Å². The predicted molar refractivity (Wildman–Crippen MR) is 81.5 cm³/mol. The molecule has 1 aliphatic rings. The van der Waals surface area contributed by atoms with Gasteiger partial charge in [-0.15, -0.1) is 0 Å². The van der Waals surface area contributed by atoms with Crippen LogP contribution in [0.3, 0.4) is 0 Å². The van der Waals surface area contributed by atoms with Crippen LogP contribution in [0.2, 0.25) is 0 Å². The summed E-state index contributed by atoms with van der Waals surface area (Å²) in [5.74, 6) is -0.0408. The van der Waals surface area contributed by atoms with Crippen LogP contribution in [0, 0.1) is 5.92 Å². The molecule has 2 heteroatoms. The molecule has 0 saturated heterocycles. The summed E-state index contributed by atoms with van der Waals surface area (Å²) >= 11 is 0. The Balaban J connectivity index is 2.23. The lowest BCUT2D eigenvalue weighted by Crippen LogP contribution is -2.38. The number of fused-ring (bicyclic) bond motifs is 1. The summed E-state index contributed by atoms with van der Waals surface area (Å²) in [6.07, 6.45) is 5.83. The Bertz CT molecular complexity index is 531. The smallest absolute Gasteiger partial charge is 0.333 e. The van der Waals surface area contributed by atoms with Crippen LogP contribution in [0.1, 0.15) is 31.9 Å². The summed E-state index contributed by atoms with van der Waals surface area (Å²) in [5.41, 5.74) is 2.58. The van der Waals surface area contributed by atoms with E-state index in [2.05, 4.69) is 30.8 Å². The maximum atomic E-state index is 11.9. The van der Waals surface area contributed by atoms with Crippen molar-refractivity contribution in [3.8, 4) is 0 Å². The molecule has 0 amide bonds. The van der Waals surface area contributed by atoms with Gasteiger partial charge in [-0.25, -0.2) is 4.79 Å². The van der Waals surface area contributed by atoms with E-state index in [0.29, 0.717) is 5.57 Å². The van der Waals surface area contributed by atoms with Gasteiger partial charge in [0.05, 0.1) is 0 Å². The second-order valence-corrected chi connectivity index (χ2v) is 5.73. The summed E-state index contributed by atoms with van der Waals surface area (Å²) in [6, 6.07) is 8.44. The average molecular weight is 270 g/mol. The van der Waals surface area contributed by atoms with Crippen molar-refractivity contribution in [3.05, 3.63) is 59.7 Å². The summed E-state index contributed by atoms with van der Waals surface area (Å²) < 4.78 is 5.73. The van der Waals surface area contributed by atoms with Crippen LogP contribution >= 0.6 is 0 Å². The third-order valence-electron chi connectivity index (χ3n) is 4.02. The highest BCUT2D eigenvalue weighted by atomic mass is 16.6. The minimum atomic E-state index is -0.580. The van der Waals surface area contributed by atoms with Gasteiger partial charge in [0.15, 0.2) is 0 Å². The first kappa shape index (κ1) is 14.6. The first-order chi connectivity index (χ1) is 9.46. The average Bonchev–Trinajstić information content (AvgIpc) is 2.83. The molecular formula is C18H22O2. The van der Waals surface area contributed by atoms with Gasteiger partial charge in [0.1, 0.15) is 5.60 Å². The van der Waals surface area contributed by atoms with E-state index in [1.165, 1.54) is 11.1 Å². The number of rotatable bonds is 4. The van der Waals surface area contributed by atoms with Crippen LogP contribution in [0.4, 0.5) is 0 Å². The molecule has 2 rings (SSSR count). The zero-order chi connectivity index (χ0) is 14.8. The van der Waals surface area contributed by atoms with Crippen LogP contribution in [0.25, 0.3) is 0 Å². The van der Waals surface area contributed by atoms with Crippen molar-refractivity contribution in [2.75, 3.05) is 0 Å². The monoisotopic (exact) mass is 270 g/mol. The van der Waals surface area contributed by atoms with E-state index in [4.69, 9.17) is 4.74 Å². The molecule has 0 aromatic heterocycles. The zero-order valence-electron chi connectivity index (χ0n) is 12.5. The van der Waals surface area contributed by atoms with E-state index in [1.54, 1.807) is 6.92 Å². The molecule has 1 aromatic rings. The lowest BCUT2D eigenvalue weighted by molar-refractivity contribution is -0.152. The fourth-order valence-corrected chi connectivity index (χ4v) is 2.84. The highest BCUT2D eigenvalue weighted by Gasteiger charge is 2.39. The number of benzene rings is 1. The number of ether oxygens (including phenoxy) is 1. The number of carbonyl (C=O) groups excluding carboxylic acids is 1. The topological polar surface area (TPSA) is 26.3 Å². The van der Waals surface area contributed by atoms with Gasteiger partial charge in [0.2, 0.25) is 0 Å². The second kappa shape index (κ2) is 5.66. The largest absolute Gasteiger partial charge is 0.451 e. The van der Waals surface area contributed by atoms with E-state index in [1.807, 2.05) is 26.0 Å². The van der Waals surface area contributed by atoms with Gasteiger partial charge in [0.25, 0.3) is 0 Å². The molecular weight excluding hydrogens is 248 g/mol. The third kappa shape index (κ3) is 2.84. The standard InChI is InChI=1S/C18H22O2/c1-5-10-18(4,20-17(19)13(2)3)16-11-14-8-6-7-9-15(14)12-16/h5-10,16H,2,11-12H2,1,3-4H3. The number of hydrogen-bond acceptors (Lipinski definition) is 2. The highest BCUT2D eigenvalue weighted by molar-refractivity contribution is 5.87. The molecule has 1 aliphatic carbocycles. The van der Waals surface area contributed by atoms with E-state index in [0.717, 1.165) is 12.8 Å². The summed E-state index contributed by atoms with van der Waals surface area (Å²) in [4.78, 5) is 11.9. The van der Waals surface area contributed by atoms with E-state index >= 15 is 0 Å². The first-order valence-corrected chi connectivity index (χ1v) is 7.05. The van der Waals surface area contributed by atoms with Crippen molar-refractivity contribution in [1.29, 1.82) is 0 Å². The molecule has 0 fully saturated rings. The molecule has 0 spiro atoms. The van der Waals surface area contributed by atoms with Gasteiger partial charge in [-0.3, -0.25) is 0 Å². The summed E-state index contributed by atoms with van der Waals surface area (Å²) in [5, 5.41) is 0. The van der Waals surface area contributed by atoms with Crippen LogP contribution in [0.15, 0.2) is 48.6 Å². The van der Waals surface area contributed by atoms with Gasteiger partial charge in [-0.05, 0) is 50.8 Å². The van der Waals surface area contributed by atoms with Crippen LogP contribution in [0.5, 0.6) is 0 Å². The number of esters is 1. The summed E-state index contributed by atoms with van der Waals surface area (Å²) in [6.45, 7) is 9.29. The Hall–Kier alpha value is -1.83. The van der Waals surface area contributed by atoms with Gasteiger partial charge in [0, 0.05) is 11.5 Å². The molecule has 0 heterocycles. The molecule has 106 valence electrons. The molecule has 0 radical (unpaired) electrons. The number of allylic oxidation sites excluding steroid dienone is 1. The van der Waals surface area contributed by atoms with Crippen molar-refractivity contribution < 1.29 is 9.53 Å². The SMILES string of the molecule is C=C(C)C(=O)OC(C)(C=CC)C1Cc2ccccc2C1. The Kier molecular flexibility index (Phi) is 4.12. The molecule has 1 atom stereocenters. The Morgan fingerprint density at radius 3 is 2.35 bits per heavy atom. The fraction of sp³-hybridized carbons (Fsp3) is 0.389. The van der Waals surface area contributed by atoms with Crippen molar-refractivity contribution in [2.24, 2.45) is 5.92 Å². The van der Waals surface area contributed by atoms with Crippen molar-refractivity contribution in [1.82, 2.24) is 0 Å². The van der Waals surface area contributed by atoms with Crippen LogP contribution in [-0.4, -0.2) is 11.6 Å². The van der Waals surface area contributed by atoms with Crippen molar-refractivity contribution >= 4 is 5.97 Å². The minimum Gasteiger partial charge on any atom is -0.451 e. The van der Waals surface area contributed by atoms with Crippen molar-refractivity contribution in [2.45, 2.75) is 39.2 Å². The van der Waals surface area contributed by atoms with Gasteiger partial charge in [-0.2, -0.15) is 0 Å². The Labute approximate surface area is 121 Å². The molecule has 1 aromatic carbocycles. The van der Waals surface area contributed by atoms with Gasteiger partial charge in [-0.1, -0.05) is 36.9 Å². The third-order valence-corrected chi connectivity index (χ3v) is 4.02. The maximum Gasteiger partial charge on any atom is 0.333 e. The molecule has 0 saturated carbocycles. The molecule has 0 N–H and O–H groups in total. The second-order valence-electron chi connectivity index (χ2n) is 5.73. The lowest BCUT2D eigenvalue weighted by Gasteiger charge is -2.32. The Morgan fingerprint density at radius 1 is 1.35 bits per heavy atom. The molecule has 20 heavy (non-hydrogen) atoms. The van der Waals surface area contributed by atoms with Gasteiger partial charge < -0.3 is 4.74 Å². The molecule has 2 nitrogen and oxygen atoms in total. The fourth-order valence-electron chi connectivity index (χ4n) is 2.84. The first-order valence-electron chi connectivity index (χ1n) is 7.05. The normalized spacial score (nSPS) is 17.8. The quantitative estimate of drug-likeness (QED) is 0.472. The lowest BCUT2D eigenvalue weighted by atomic mass is 9.86. The molecule has 1 unspecified atom stereocenters. The Morgan fingerprint density at radius 2 is 1.90 bits per heavy atom. The molecule has 0 bridgehead atoms. The van der Waals surface area contributed by atoms with E-state index < -0.39 is 5.60 Å². The van der Waals surface area contributed by atoms with Crippen molar-refractivity contribution in [3.63, 3.8) is 0 Å². The minimum absolute atomic E-state index is 0.277. The number of hydrogen-bond donors (Lipinski definition) is 0. The van der Waals surface area contributed by atoms with Crippen LogP contribution < -0.4 is 0 Å².